The fraction of sp³-hybridized carbons (Fsp3) is 0.571. The highest BCUT2D eigenvalue weighted by molar-refractivity contribution is 5.93. The first-order valence-corrected chi connectivity index (χ1v) is 7.33. The average molecular weight is 323 g/mol. The first-order valence-electron chi connectivity index (χ1n) is 7.33. The number of imidazole rings is 1. The van der Waals surface area contributed by atoms with Crippen LogP contribution in [0.4, 0.5) is 5.82 Å². The topological polar surface area (TPSA) is 121 Å². The van der Waals surface area contributed by atoms with Crippen molar-refractivity contribution in [1.29, 1.82) is 0 Å². The van der Waals surface area contributed by atoms with Crippen molar-refractivity contribution in [2.45, 2.75) is 33.4 Å². The summed E-state index contributed by atoms with van der Waals surface area (Å²) in [6.45, 7) is 4.18. The molecule has 0 aliphatic carbocycles. The number of carbonyl (C=O) groups is 2. The summed E-state index contributed by atoms with van der Waals surface area (Å²) in [7, 11) is 0. The molecule has 2 heterocycles. The second kappa shape index (κ2) is 7.61. The number of nitrogens with zero attached hydrogens (tertiary/aromatic N) is 3. The van der Waals surface area contributed by atoms with Gasteiger partial charge in [0.05, 0.1) is 26.1 Å². The molecular weight excluding hydrogens is 302 g/mol. The summed E-state index contributed by atoms with van der Waals surface area (Å²) < 4.78 is 12.0. The molecule has 3 N–H and O–H groups in total. The lowest BCUT2D eigenvalue weighted by molar-refractivity contribution is -0.146. The maximum Gasteiger partial charge on any atom is 0.302 e. The molecule has 0 saturated carbocycles. The summed E-state index contributed by atoms with van der Waals surface area (Å²) in [5.41, 5.74) is 6.51. The highest BCUT2D eigenvalue weighted by Gasteiger charge is 2.18. The molecule has 1 aliphatic rings. The Kier molecular flexibility index (Phi) is 5.56. The zero-order valence-electron chi connectivity index (χ0n) is 13.2. The number of fused-ring (bicyclic) bond motifs is 1. The molecule has 0 unspecified atom stereocenters. The molecule has 2 rings (SSSR count). The minimum atomic E-state index is -0.358. The van der Waals surface area contributed by atoms with E-state index in [9.17, 15) is 9.59 Å². The summed E-state index contributed by atoms with van der Waals surface area (Å²) in [5.74, 6) is 0.370. The highest BCUT2D eigenvalue weighted by Crippen LogP contribution is 2.20. The maximum atomic E-state index is 11.0. The minimum absolute atomic E-state index is 0.0875. The van der Waals surface area contributed by atoms with Crippen molar-refractivity contribution in [2.75, 3.05) is 18.5 Å². The van der Waals surface area contributed by atoms with E-state index in [0.717, 1.165) is 11.5 Å². The number of esters is 2. The van der Waals surface area contributed by atoms with Gasteiger partial charge in [0, 0.05) is 26.3 Å². The lowest BCUT2D eigenvalue weighted by Crippen LogP contribution is -2.28. The van der Waals surface area contributed by atoms with Crippen LogP contribution in [0.25, 0.3) is 0 Å². The molecule has 0 aromatic carbocycles. The molecule has 0 amide bonds. The molecule has 1 aliphatic heterocycles. The monoisotopic (exact) mass is 323 g/mol. The quantitative estimate of drug-likeness (QED) is 0.690. The highest BCUT2D eigenvalue weighted by atomic mass is 16.5. The predicted molar refractivity (Wildman–Crippen MR) is 82.5 cm³/mol. The first kappa shape index (κ1) is 16.8. The number of guanidine groups is 1. The Labute approximate surface area is 133 Å². The third-order valence-electron chi connectivity index (χ3n) is 3.38. The van der Waals surface area contributed by atoms with Crippen molar-refractivity contribution in [2.24, 2.45) is 16.6 Å². The number of aliphatic imine (C=N–C) groups is 1. The van der Waals surface area contributed by atoms with E-state index >= 15 is 0 Å². The lowest BCUT2D eigenvalue weighted by Gasteiger charge is -2.18. The smallest absolute Gasteiger partial charge is 0.302 e. The molecular formula is C14H21N5O4. The van der Waals surface area contributed by atoms with Crippen molar-refractivity contribution < 1.29 is 19.1 Å². The molecule has 0 atom stereocenters. The van der Waals surface area contributed by atoms with Gasteiger partial charge in [-0.15, -0.1) is 0 Å². The third kappa shape index (κ3) is 4.97. The number of anilines is 1. The molecule has 126 valence electrons. The Bertz CT molecular complexity index is 592. The van der Waals surface area contributed by atoms with Gasteiger partial charge in [0.1, 0.15) is 11.5 Å². The summed E-state index contributed by atoms with van der Waals surface area (Å²) in [6, 6.07) is 0. The molecule has 23 heavy (non-hydrogen) atoms. The Morgan fingerprint density at radius 1 is 1.35 bits per heavy atom. The van der Waals surface area contributed by atoms with Gasteiger partial charge in [-0.2, -0.15) is 0 Å². The normalized spacial score (nSPS) is 13.1. The Morgan fingerprint density at radius 2 is 2.00 bits per heavy atom. The van der Waals surface area contributed by atoms with Gasteiger partial charge in [-0.05, 0) is 6.42 Å². The molecule has 1 aromatic heterocycles. The molecule has 0 bridgehead atoms. The molecule has 0 radical (unpaired) electrons. The summed E-state index contributed by atoms with van der Waals surface area (Å²) in [4.78, 5) is 30.3. The first-order chi connectivity index (χ1) is 11.0. The van der Waals surface area contributed by atoms with Gasteiger partial charge >= 0.3 is 11.9 Å². The standard InChI is InChI=1S/C14H21N5O4/c1-9(20)22-6-11(7-23-10(2)21)3-4-19-8-17-12-5-16-14(15)18-13(12)19/h8,11H,3-7H2,1-2H3,(H3,15,16,18). The van der Waals surface area contributed by atoms with E-state index in [1.54, 1.807) is 6.33 Å². The third-order valence-corrected chi connectivity index (χ3v) is 3.38. The van der Waals surface area contributed by atoms with Crippen LogP contribution in [0.2, 0.25) is 0 Å². The van der Waals surface area contributed by atoms with Crippen molar-refractivity contribution in [3.8, 4) is 0 Å². The number of nitrogens with two attached hydrogens (primary N) is 1. The number of hydrogen-bond acceptors (Lipinski definition) is 8. The fourth-order valence-corrected chi connectivity index (χ4v) is 2.18. The molecule has 9 nitrogen and oxygen atoms in total. The molecule has 0 spiro atoms. The molecule has 0 saturated heterocycles. The fourth-order valence-electron chi connectivity index (χ4n) is 2.18. The van der Waals surface area contributed by atoms with E-state index in [-0.39, 0.29) is 31.1 Å². The van der Waals surface area contributed by atoms with Gasteiger partial charge in [0.25, 0.3) is 0 Å². The van der Waals surface area contributed by atoms with E-state index in [1.165, 1.54) is 13.8 Å². The Balaban J connectivity index is 1.93. The van der Waals surface area contributed by atoms with E-state index in [2.05, 4.69) is 15.3 Å². The number of hydrogen-bond donors (Lipinski definition) is 2. The van der Waals surface area contributed by atoms with Gasteiger partial charge in [0.2, 0.25) is 0 Å². The van der Waals surface area contributed by atoms with Crippen molar-refractivity contribution in [3.63, 3.8) is 0 Å². The van der Waals surface area contributed by atoms with Gasteiger partial charge in [0.15, 0.2) is 5.96 Å². The number of carbonyl (C=O) groups excluding carboxylic acids is 2. The van der Waals surface area contributed by atoms with Crippen LogP contribution in [-0.2, 0) is 32.2 Å². The van der Waals surface area contributed by atoms with E-state index < -0.39 is 0 Å². The van der Waals surface area contributed by atoms with Crippen LogP contribution in [0.1, 0.15) is 26.0 Å². The second-order valence-electron chi connectivity index (χ2n) is 5.32. The van der Waals surface area contributed by atoms with Crippen LogP contribution >= 0.6 is 0 Å². The van der Waals surface area contributed by atoms with Crippen molar-refractivity contribution in [1.82, 2.24) is 9.55 Å². The second-order valence-corrected chi connectivity index (χ2v) is 5.32. The van der Waals surface area contributed by atoms with Crippen LogP contribution in [0.3, 0.4) is 0 Å². The number of ether oxygens (including phenoxy) is 2. The van der Waals surface area contributed by atoms with Crippen molar-refractivity contribution in [3.05, 3.63) is 12.0 Å². The van der Waals surface area contributed by atoms with E-state index in [4.69, 9.17) is 15.2 Å². The van der Waals surface area contributed by atoms with E-state index in [1.807, 2.05) is 4.57 Å². The number of rotatable bonds is 7. The Hall–Kier alpha value is -2.58. The zero-order chi connectivity index (χ0) is 16.8. The number of aryl methyl sites for hydroxylation is 1. The molecule has 1 aromatic rings. The van der Waals surface area contributed by atoms with Crippen LogP contribution in [0.15, 0.2) is 11.3 Å². The Morgan fingerprint density at radius 3 is 2.61 bits per heavy atom. The van der Waals surface area contributed by atoms with Crippen LogP contribution in [0.5, 0.6) is 0 Å². The summed E-state index contributed by atoms with van der Waals surface area (Å²) in [6.07, 6.45) is 2.36. The van der Waals surface area contributed by atoms with Gasteiger partial charge in [-0.3, -0.25) is 9.59 Å². The zero-order valence-corrected chi connectivity index (χ0v) is 13.2. The van der Waals surface area contributed by atoms with E-state index in [0.29, 0.717) is 25.5 Å². The number of nitrogens with one attached hydrogen (secondary N) is 1. The van der Waals surface area contributed by atoms with Gasteiger partial charge < -0.3 is 25.1 Å². The molecule has 9 heteroatoms. The maximum absolute atomic E-state index is 11.0. The predicted octanol–water partition coefficient (Wildman–Crippen LogP) is 0.256. The van der Waals surface area contributed by atoms with Crippen LogP contribution in [-0.4, -0.2) is 40.7 Å². The lowest BCUT2D eigenvalue weighted by atomic mass is 10.1. The largest absolute Gasteiger partial charge is 0.465 e. The van der Waals surface area contributed by atoms with Gasteiger partial charge in [-0.1, -0.05) is 0 Å². The number of aromatic nitrogens is 2. The summed E-state index contributed by atoms with van der Waals surface area (Å²) >= 11 is 0. The SMILES string of the molecule is CC(=O)OCC(CCn1cnc2c1NC(N)=NC2)COC(C)=O. The van der Waals surface area contributed by atoms with Crippen LogP contribution in [0, 0.1) is 5.92 Å². The van der Waals surface area contributed by atoms with Crippen molar-refractivity contribution >= 4 is 23.7 Å². The molecule has 0 fully saturated rings. The van der Waals surface area contributed by atoms with Crippen LogP contribution < -0.4 is 11.1 Å². The average Bonchev–Trinajstić information content (AvgIpc) is 2.88. The summed E-state index contributed by atoms with van der Waals surface area (Å²) in [5, 5.41) is 2.99. The minimum Gasteiger partial charge on any atom is -0.465 e. The van der Waals surface area contributed by atoms with Gasteiger partial charge in [-0.25, -0.2) is 9.98 Å².